The van der Waals surface area contributed by atoms with Crippen molar-refractivity contribution < 1.29 is 9.90 Å². The van der Waals surface area contributed by atoms with Crippen LogP contribution in [0.1, 0.15) is 49.4 Å². The Balaban J connectivity index is 1.94. The van der Waals surface area contributed by atoms with Crippen LogP contribution < -0.4 is 5.32 Å². The van der Waals surface area contributed by atoms with Gasteiger partial charge < -0.3 is 15.3 Å². The van der Waals surface area contributed by atoms with Gasteiger partial charge in [0.15, 0.2) is 5.76 Å². The number of aryl methyl sites for hydroxylation is 1. The molecule has 1 amide bonds. The first-order valence-electron chi connectivity index (χ1n) is 7.71. The molecule has 1 fully saturated rings. The zero-order valence-electron chi connectivity index (χ0n) is 12.4. The van der Waals surface area contributed by atoms with Crippen LogP contribution in [0.25, 0.3) is 0 Å². The minimum atomic E-state index is -0.257. The minimum absolute atomic E-state index is 0.184. The van der Waals surface area contributed by atoms with Crippen LogP contribution in [-0.2, 0) is 4.79 Å². The van der Waals surface area contributed by atoms with Crippen LogP contribution in [0.4, 0.5) is 0 Å². The second kappa shape index (κ2) is 5.80. The third-order valence-corrected chi connectivity index (χ3v) is 4.44. The lowest BCUT2D eigenvalue weighted by Crippen LogP contribution is -2.51. The quantitative estimate of drug-likeness (QED) is 0.878. The number of rotatable bonds is 2. The first kappa shape index (κ1) is 14.0. The highest BCUT2D eigenvalue weighted by Crippen LogP contribution is 2.32. The number of hydrogen-bond donors (Lipinski definition) is 2. The van der Waals surface area contributed by atoms with Gasteiger partial charge in [-0.3, -0.25) is 4.79 Å². The molecule has 1 atom stereocenters. The Morgan fingerprint density at radius 1 is 1.24 bits per heavy atom. The van der Waals surface area contributed by atoms with Gasteiger partial charge in [0.1, 0.15) is 6.17 Å². The van der Waals surface area contributed by atoms with Crippen molar-refractivity contribution in [1.29, 1.82) is 0 Å². The van der Waals surface area contributed by atoms with Crippen molar-refractivity contribution in [1.82, 2.24) is 10.2 Å². The van der Waals surface area contributed by atoms with Crippen LogP contribution in [0.2, 0.25) is 0 Å². The van der Waals surface area contributed by atoms with E-state index in [0.717, 1.165) is 31.2 Å². The molecular weight excluding hydrogens is 264 g/mol. The van der Waals surface area contributed by atoms with Gasteiger partial charge in [0.2, 0.25) is 0 Å². The normalized spacial score (nSPS) is 23.7. The fraction of sp³-hybridized carbons (Fsp3) is 0.471. The molecule has 4 nitrogen and oxygen atoms in total. The van der Waals surface area contributed by atoms with Gasteiger partial charge >= 0.3 is 0 Å². The summed E-state index contributed by atoms with van der Waals surface area (Å²) in [5, 5.41) is 13.0. The van der Waals surface area contributed by atoms with Crippen LogP contribution in [0.5, 0.6) is 0 Å². The minimum Gasteiger partial charge on any atom is -0.502 e. The summed E-state index contributed by atoms with van der Waals surface area (Å²) in [5.41, 5.74) is 2.24. The Bertz CT molecular complexity index is 562. The lowest BCUT2D eigenvalue weighted by atomic mass is 9.92. The fourth-order valence-corrected chi connectivity index (χ4v) is 3.38. The summed E-state index contributed by atoms with van der Waals surface area (Å²) in [4.78, 5) is 14.3. The molecule has 0 aromatic heterocycles. The number of carbonyl (C=O) groups excluding carboxylic acids is 1. The van der Waals surface area contributed by atoms with E-state index in [1.165, 1.54) is 18.2 Å². The topological polar surface area (TPSA) is 52.6 Å². The molecular formula is C17H22N2O2. The number of aliphatic hydroxyl groups is 1. The molecule has 0 radical (unpaired) electrons. The average Bonchev–Trinajstić information content (AvgIpc) is 2.50. The SMILES string of the molecule is Cc1cccc(C2NC=C(O)C(=O)N2C2CCCCC2)c1. The Hall–Kier alpha value is -1.97. The predicted molar refractivity (Wildman–Crippen MR) is 81.5 cm³/mol. The number of nitrogens with zero attached hydrogens (tertiary/aromatic N) is 1. The molecule has 1 aromatic rings. The standard InChI is InChI=1S/C17H22N2O2/c1-12-6-5-7-13(10-12)16-18-11-15(20)17(21)19(16)14-8-3-2-4-9-14/h5-7,10-11,14,16,18,20H,2-4,8-9H2,1H3. The average molecular weight is 286 g/mol. The van der Waals surface area contributed by atoms with Crippen molar-refractivity contribution >= 4 is 5.91 Å². The molecule has 0 bridgehead atoms. The fourth-order valence-electron chi connectivity index (χ4n) is 3.38. The van der Waals surface area contributed by atoms with Gasteiger partial charge in [-0.1, -0.05) is 49.1 Å². The van der Waals surface area contributed by atoms with Crippen molar-refractivity contribution in [2.75, 3.05) is 0 Å². The molecule has 2 aliphatic rings. The molecule has 1 aliphatic heterocycles. The van der Waals surface area contributed by atoms with Crippen molar-refractivity contribution in [2.24, 2.45) is 0 Å². The van der Waals surface area contributed by atoms with Gasteiger partial charge in [-0.25, -0.2) is 0 Å². The van der Waals surface area contributed by atoms with Gasteiger partial charge in [0.05, 0.1) is 0 Å². The molecule has 4 heteroatoms. The number of carbonyl (C=O) groups is 1. The third-order valence-electron chi connectivity index (χ3n) is 4.44. The second-order valence-electron chi connectivity index (χ2n) is 6.02. The summed E-state index contributed by atoms with van der Waals surface area (Å²) in [6.45, 7) is 2.05. The van der Waals surface area contributed by atoms with Crippen molar-refractivity contribution in [3.05, 3.63) is 47.4 Å². The van der Waals surface area contributed by atoms with E-state index in [1.54, 1.807) is 0 Å². The van der Waals surface area contributed by atoms with Gasteiger partial charge in [-0.05, 0) is 25.3 Å². The van der Waals surface area contributed by atoms with E-state index in [-0.39, 0.29) is 23.9 Å². The number of hydrogen-bond acceptors (Lipinski definition) is 3. The third kappa shape index (κ3) is 2.75. The van der Waals surface area contributed by atoms with Crippen LogP contribution in [0.15, 0.2) is 36.2 Å². The highest BCUT2D eigenvalue weighted by molar-refractivity contribution is 5.92. The van der Waals surface area contributed by atoms with Gasteiger partial charge in [0.25, 0.3) is 5.91 Å². The van der Waals surface area contributed by atoms with E-state index in [1.807, 2.05) is 30.0 Å². The van der Waals surface area contributed by atoms with E-state index in [9.17, 15) is 9.90 Å². The highest BCUT2D eigenvalue weighted by atomic mass is 16.3. The summed E-state index contributed by atoms with van der Waals surface area (Å²) in [6, 6.07) is 8.39. The number of amides is 1. The second-order valence-corrected chi connectivity index (χ2v) is 6.02. The van der Waals surface area contributed by atoms with Crippen molar-refractivity contribution in [2.45, 2.75) is 51.2 Å². The van der Waals surface area contributed by atoms with Crippen LogP contribution >= 0.6 is 0 Å². The molecule has 2 N–H and O–H groups in total. The summed E-state index contributed by atoms with van der Waals surface area (Å²) < 4.78 is 0. The Kier molecular flexibility index (Phi) is 3.86. The lowest BCUT2D eigenvalue weighted by molar-refractivity contribution is -0.138. The molecule has 1 aromatic carbocycles. The van der Waals surface area contributed by atoms with Gasteiger partial charge in [-0.2, -0.15) is 0 Å². The Morgan fingerprint density at radius 2 is 2.00 bits per heavy atom. The maximum absolute atomic E-state index is 12.5. The molecule has 1 saturated carbocycles. The highest BCUT2D eigenvalue weighted by Gasteiger charge is 2.36. The lowest BCUT2D eigenvalue weighted by Gasteiger charge is -2.42. The molecule has 1 heterocycles. The summed E-state index contributed by atoms with van der Waals surface area (Å²) in [5.74, 6) is -0.448. The maximum atomic E-state index is 12.5. The Labute approximate surface area is 125 Å². The van der Waals surface area contributed by atoms with Gasteiger partial charge in [0, 0.05) is 12.2 Å². The molecule has 21 heavy (non-hydrogen) atoms. The van der Waals surface area contributed by atoms with E-state index in [0.29, 0.717) is 0 Å². The molecule has 3 rings (SSSR count). The van der Waals surface area contributed by atoms with Crippen LogP contribution in [-0.4, -0.2) is 22.0 Å². The number of benzene rings is 1. The molecule has 0 saturated heterocycles. The van der Waals surface area contributed by atoms with E-state index in [4.69, 9.17) is 0 Å². The first-order valence-corrected chi connectivity index (χ1v) is 7.71. The number of nitrogens with one attached hydrogen (secondary N) is 1. The van der Waals surface area contributed by atoms with Gasteiger partial charge in [-0.15, -0.1) is 0 Å². The predicted octanol–water partition coefficient (Wildman–Crippen LogP) is 3.16. The maximum Gasteiger partial charge on any atom is 0.292 e. The van der Waals surface area contributed by atoms with E-state index >= 15 is 0 Å². The van der Waals surface area contributed by atoms with Crippen molar-refractivity contribution in [3.63, 3.8) is 0 Å². The molecule has 1 unspecified atom stereocenters. The van der Waals surface area contributed by atoms with Crippen LogP contribution in [0, 0.1) is 6.92 Å². The molecule has 1 aliphatic carbocycles. The van der Waals surface area contributed by atoms with E-state index < -0.39 is 0 Å². The largest absolute Gasteiger partial charge is 0.502 e. The monoisotopic (exact) mass is 286 g/mol. The Morgan fingerprint density at radius 3 is 2.71 bits per heavy atom. The van der Waals surface area contributed by atoms with Crippen molar-refractivity contribution in [3.8, 4) is 0 Å². The zero-order valence-corrected chi connectivity index (χ0v) is 12.4. The summed E-state index contributed by atoms with van der Waals surface area (Å²) in [7, 11) is 0. The summed E-state index contributed by atoms with van der Waals surface area (Å²) >= 11 is 0. The summed E-state index contributed by atoms with van der Waals surface area (Å²) in [6.07, 6.45) is 6.82. The van der Waals surface area contributed by atoms with Crippen LogP contribution in [0.3, 0.4) is 0 Å². The molecule has 112 valence electrons. The smallest absolute Gasteiger partial charge is 0.292 e. The molecule has 0 spiro atoms. The number of aliphatic hydroxyl groups excluding tert-OH is 1. The first-order chi connectivity index (χ1) is 10.2. The zero-order chi connectivity index (χ0) is 14.8. The van der Waals surface area contributed by atoms with E-state index in [2.05, 4.69) is 11.4 Å².